The van der Waals surface area contributed by atoms with Gasteiger partial charge < -0.3 is 4.74 Å². The fourth-order valence-corrected chi connectivity index (χ4v) is 4.69. The summed E-state index contributed by atoms with van der Waals surface area (Å²) >= 11 is 0. The summed E-state index contributed by atoms with van der Waals surface area (Å²) in [6, 6.07) is 0. The van der Waals surface area contributed by atoms with Crippen LogP contribution < -0.4 is 0 Å². The van der Waals surface area contributed by atoms with E-state index in [1.807, 2.05) is 0 Å². The molecule has 2 fully saturated rings. The second-order valence-corrected chi connectivity index (χ2v) is 7.33. The number of rotatable bonds is 8. The van der Waals surface area contributed by atoms with Gasteiger partial charge in [-0.3, -0.25) is 0 Å². The Kier molecular flexibility index (Phi) is 8.04. The standard InChI is InChI=1S/C20H34O2/c1-2-20(21)22-16-10-9-15-19(17-11-5-3-6-12-17)18-13-7-4-8-14-18/h2,17-19H,1,3-16H2. The molecule has 0 aromatic carbocycles. The summed E-state index contributed by atoms with van der Waals surface area (Å²) < 4.78 is 5.11. The molecular formula is C20H34O2. The summed E-state index contributed by atoms with van der Waals surface area (Å²) in [5.41, 5.74) is 0. The van der Waals surface area contributed by atoms with E-state index in [9.17, 15) is 4.79 Å². The van der Waals surface area contributed by atoms with E-state index in [1.165, 1.54) is 83.1 Å². The van der Waals surface area contributed by atoms with Crippen molar-refractivity contribution in [1.82, 2.24) is 0 Å². The SMILES string of the molecule is C=CC(=O)OCCCCC(C1CCCCC1)C1CCCCC1. The fourth-order valence-electron chi connectivity index (χ4n) is 4.69. The minimum atomic E-state index is -0.281. The molecule has 2 heteroatoms. The highest BCUT2D eigenvalue weighted by molar-refractivity contribution is 5.81. The molecule has 22 heavy (non-hydrogen) atoms. The monoisotopic (exact) mass is 306 g/mol. The maximum atomic E-state index is 11.1. The zero-order chi connectivity index (χ0) is 15.6. The van der Waals surface area contributed by atoms with Gasteiger partial charge in [0.25, 0.3) is 0 Å². The first kappa shape index (κ1) is 17.6. The number of unbranched alkanes of at least 4 members (excludes halogenated alkanes) is 1. The largest absolute Gasteiger partial charge is 0.463 e. The Morgan fingerprint density at radius 1 is 0.955 bits per heavy atom. The normalized spacial score (nSPS) is 21.0. The second kappa shape index (κ2) is 10.1. The Balaban J connectivity index is 1.76. The molecule has 0 aromatic rings. The van der Waals surface area contributed by atoms with Crippen molar-refractivity contribution in [1.29, 1.82) is 0 Å². The zero-order valence-corrected chi connectivity index (χ0v) is 14.2. The van der Waals surface area contributed by atoms with Crippen LogP contribution in [0.1, 0.15) is 83.5 Å². The first-order chi connectivity index (χ1) is 10.8. The van der Waals surface area contributed by atoms with E-state index in [0.717, 1.165) is 24.2 Å². The van der Waals surface area contributed by atoms with Crippen LogP contribution in [-0.4, -0.2) is 12.6 Å². The number of ether oxygens (including phenoxy) is 1. The quantitative estimate of drug-likeness (QED) is 0.328. The van der Waals surface area contributed by atoms with Crippen LogP contribution in [0.2, 0.25) is 0 Å². The first-order valence-corrected chi connectivity index (χ1v) is 9.60. The predicted molar refractivity (Wildman–Crippen MR) is 91.6 cm³/mol. The van der Waals surface area contributed by atoms with Crippen LogP contribution in [0.25, 0.3) is 0 Å². The smallest absolute Gasteiger partial charge is 0.330 e. The maximum Gasteiger partial charge on any atom is 0.330 e. The molecule has 0 N–H and O–H groups in total. The third-order valence-electron chi connectivity index (χ3n) is 5.85. The van der Waals surface area contributed by atoms with Gasteiger partial charge in [-0.2, -0.15) is 0 Å². The summed E-state index contributed by atoms with van der Waals surface area (Å²) in [6.45, 7) is 4.00. The Morgan fingerprint density at radius 2 is 1.50 bits per heavy atom. The Labute approximate surface area is 136 Å². The van der Waals surface area contributed by atoms with Gasteiger partial charge in [0.15, 0.2) is 0 Å². The van der Waals surface area contributed by atoms with Gasteiger partial charge >= 0.3 is 5.97 Å². The van der Waals surface area contributed by atoms with Crippen molar-refractivity contribution in [2.24, 2.45) is 17.8 Å². The van der Waals surface area contributed by atoms with Crippen LogP contribution in [-0.2, 0) is 9.53 Å². The molecule has 2 saturated carbocycles. The van der Waals surface area contributed by atoms with Gasteiger partial charge in [-0.15, -0.1) is 0 Å². The van der Waals surface area contributed by atoms with Crippen LogP contribution in [0, 0.1) is 17.8 Å². The average molecular weight is 306 g/mol. The van der Waals surface area contributed by atoms with Gasteiger partial charge in [-0.05, 0) is 37.0 Å². The minimum absolute atomic E-state index is 0.281. The van der Waals surface area contributed by atoms with E-state index in [1.54, 1.807) is 0 Å². The van der Waals surface area contributed by atoms with Gasteiger partial charge in [0.05, 0.1) is 6.61 Å². The van der Waals surface area contributed by atoms with Crippen LogP contribution in [0.15, 0.2) is 12.7 Å². The Morgan fingerprint density at radius 3 is 2.00 bits per heavy atom. The molecule has 2 nitrogen and oxygen atoms in total. The van der Waals surface area contributed by atoms with E-state index >= 15 is 0 Å². The molecule has 0 unspecified atom stereocenters. The van der Waals surface area contributed by atoms with E-state index in [2.05, 4.69) is 6.58 Å². The van der Waals surface area contributed by atoms with Crippen molar-refractivity contribution in [3.63, 3.8) is 0 Å². The van der Waals surface area contributed by atoms with E-state index in [4.69, 9.17) is 4.74 Å². The average Bonchev–Trinajstić information content (AvgIpc) is 2.59. The molecule has 0 aliphatic heterocycles. The topological polar surface area (TPSA) is 26.3 Å². The lowest BCUT2D eigenvalue weighted by Crippen LogP contribution is -2.27. The summed E-state index contributed by atoms with van der Waals surface area (Å²) in [5.74, 6) is 2.62. The molecule has 0 aromatic heterocycles. The molecule has 0 heterocycles. The lowest BCUT2D eigenvalue weighted by Gasteiger charge is -2.38. The van der Waals surface area contributed by atoms with Gasteiger partial charge in [-0.25, -0.2) is 4.79 Å². The second-order valence-electron chi connectivity index (χ2n) is 7.33. The van der Waals surface area contributed by atoms with Crippen molar-refractivity contribution in [3.8, 4) is 0 Å². The van der Waals surface area contributed by atoms with Crippen molar-refractivity contribution < 1.29 is 9.53 Å². The highest BCUT2D eigenvalue weighted by Crippen LogP contribution is 2.42. The fraction of sp³-hybridized carbons (Fsp3) is 0.850. The molecular weight excluding hydrogens is 272 g/mol. The molecule has 0 saturated heterocycles. The molecule has 0 spiro atoms. The highest BCUT2D eigenvalue weighted by Gasteiger charge is 2.30. The number of esters is 1. The van der Waals surface area contributed by atoms with Crippen molar-refractivity contribution in [2.45, 2.75) is 83.5 Å². The lowest BCUT2D eigenvalue weighted by molar-refractivity contribution is -0.137. The summed E-state index contributed by atoms with van der Waals surface area (Å²) in [4.78, 5) is 11.1. The number of hydrogen-bond donors (Lipinski definition) is 0. The Hall–Kier alpha value is -0.790. The molecule has 2 aliphatic carbocycles. The molecule has 0 amide bonds. The van der Waals surface area contributed by atoms with E-state index in [-0.39, 0.29) is 5.97 Å². The minimum Gasteiger partial charge on any atom is -0.463 e. The lowest BCUT2D eigenvalue weighted by atomic mass is 9.68. The molecule has 0 atom stereocenters. The van der Waals surface area contributed by atoms with Crippen LogP contribution in [0.5, 0.6) is 0 Å². The third kappa shape index (κ3) is 5.78. The van der Waals surface area contributed by atoms with Crippen LogP contribution in [0.4, 0.5) is 0 Å². The zero-order valence-electron chi connectivity index (χ0n) is 14.2. The number of carbonyl (C=O) groups excluding carboxylic acids is 1. The molecule has 0 bridgehead atoms. The number of carbonyl (C=O) groups is 1. The Bertz CT molecular complexity index is 307. The van der Waals surface area contributed by atoms with Gasteiger partial charge in [0.1, 0.15) is 0 Å². The third-order valence-corrected chi connectivity index (χ3v) is 5.85. The van der Waals surface area contributed by atoms with Gasteiger partial charge in [-0.1, -0.05) is 70.8 Å². The van der Waals surface area contributed by atoms with E-state index < -0.39 is 0 Å². The van der Waals surface area contributed by atoms with Crippen molar-refractivity contribution in [3.05, 3.63) is 12.7 Å². The molecule has 2 rings (SSSR count). The van der Waals surface area contributed by atoms with Crippen LogP contribution >= 0.6 is 0 Å². The van der Waals surface area contributed by atoms with Crippen molar-refractivity contribution in [2.75, 3.05) is 6.61 Å². The van der Waals surface area contributed by atoms with Gasteiger partial charge in [0, 0.05) is 6.08 Å². The molecule has 2 aliphatic rings. The molecule has 126 valence electrons. The highest BCUT2D eigenvalue weighted by atomic mass is 16.5. The summed E-state index contributed by atoms with van der Waals surface area (Å²) in [6.07, 6.45) is 19.4. The summed E-state index contributed by atoms with van der Waals surface area (Å²) in [5, 5.41) is 0. The summed E-state index contributed by atoms with van der Waals surface area (Å²) in [7, 11) is 0. The first-order valence-electron chi connectivity index (χ1n) is 9.60. The maximum absolute atomic E-state index is 11.1. The van der Waals surface area contributed by atoms with Crippen LogP contribution in [0.3, 0.4) is 0 Å². The van der Waals surface area contributed by atoms with E-state index in [0.29, 0.717) is 6.61 Å². The number of hydrogen-bond acceptors (Lipinski definition) is 2. The van der Waals surface area contributed by atoms with Crippen molar-refractivity contribution >= 4 is 5.97 Å². The molecule has 0 radical (unpaired) electrons. The van der Waals surface area contributed by atoms with Gasteiger partial charge in [0.2, 0.25) is 0 Å². The predicted octanol–water partition coefficient (Wildman–Crippen LogP) is 5.66.